The third-order valence-corrected chi connectivity index (χ3v) is 1.67. The molecule has 0 aromatic heterocycles. The SMILES string of the molecule is N#CCCOc1ccccc1B(O)O. The molecule has 0 heterocycles. The quantitative estimate of drug-likeness (QED) is 0.504. The molecule has 0 atom stereocenters. The van der Waals surface area contributed by atoms with Crippen molar-refractivity contribution >= 4 is 12.6 Å². The third kappa shape index (κ3) is 2.77. The average Bonchev–Trinajstić information content (AvgIpc) is 2.19. The molecule has 1 aromatic rings. The molecule has 0 saturated carbocycles. The van der Waals surface area contributed by atoms with Crippen LogP contribution in [0.5, 0.6) is 5.75 Å². The van der Waals surface area contributed by atoms with Crippen molar-refractivity contribution in [2.75, 3.05) is 6.61 Å². The molecule has 1 aromatic carbocycles. The van der Waals surface area contributed by atoms with Crippen LogP contribution >= 0.6 is 0 Å². The summed E-state index contributed by atoms with van der Waals surface area (Å²) in [5, 5.41) is 26.2. The van der Waals surface area contributed by atoms with Crippen molar-refractivity contribution in [1.29, 1.82) is 5.26 Å². The molecule has 0 aliphatic carbocycles. The molecule has 14 heavy (non-hydrogen) atoms. The van der Waals surface area contributed by atoms with E-state index >= 15 is 0 Å². The van der Waals surface area contributed by atoms with Gasteiger partial charge in [-0.2, -0.15) is 5.26 Å². The fourth-order valence-corrected chi connectivity index (χ4v) is 1.03. The third-order valence-electron chi connectivity index (χ3n) is 1.67. The number of hydrogen-bond acceptors (Lipinski definition) is 4. The molecule has 2 N–H and O–H groups in total. The smallest absolute Gasteiger partial charge is 0.492 e. The molecule has 0 fully saturated rings. The molecule has 0 saturated heterocycles. The number of para-hydroxylation sites is 1. The van der Waals surface area contributed by atoms with Crippen molar-refractivity contribution in [2.24, 2.45) is 0 Å². The monoisotopic (exact) mass is 191 g/mol. The lowest BCUT2D eigenvalue weighted by molar-refractivity contribution is 0.326. The van der Waals surface area contributed by atoms with Crippen molar-refractivity contribution in [2.45, 2.75) is 6.42 Å². The molecule has 0 amide bonds. The van der Waals surface area contributed by atoms with E-state index in [0.717, 1.165) is 0 Å². The summed E-state index contributed by atoms with van der Waals surface area (Å²) in [4.78, 5) is 0. The van der Waals surface area contributed by atoms with E-state index in [1.54, 1.807) is 24.3 Å². The Morgan fingerprint density at radius 2 is 2.07 bits per heavy atom. The fraction of sp³-hybridized carbons (Fsp3) is 0.222. The zero-order valence-corrected chi connectivity index (χ0v) is 7.55. The lowest BCUT2D eigenvalue weighted by atomic mass is 9.79. The summed E-state index contributed by atoms with van der Waals surface area (Å²) < 4.78 is 5.20. The minimum Gasteiger partial charge on any atom is -0.493 e. The highest BCUT2D eigenvalue weighted by molar-refractivity contribution is 6.59. The zero-order valence-electron chi connectivity index (χ0n) is 7.55. The standard InChI is InChI=1S/C9H10BNO3/c11-6-3-7-14-9-5-2-1-4-8(9)10(12)13/h1-2,4-5,12-13H,3,7H2. The van der Waals surface area contributed by atoms with Gasteiger partial charge in [0.1, 0.15) is 12.4 Å². The maximum Gasteiger partial charge on any atom is 0.492 e. The first kappa shape index (κ1) is 10.6. The summed E-state index contributed by atoms with van der Waals surface area (Å²) in [6.07, 6.45) is 0.274. The Morgan fingerprint density at radius 3 is 2.71 bits per heavy atom. The van der Waals surface area contributed by atoms with Crippen molar-refractivity contribution < 1.29 is 14.8 Å². The van der Waals surface area contributed by atoms with Gasteiger partial charge in [0.25, 0.3) is 0 Å². The Bertz CT molecular complexity index is 335. The van der Waals surface area contributed by atoms with Crippen molar-refractivity contribution in [1.82, 2.24) is 0 Å². The van der Waals surface area contributed by atoms with Crippen LogP contribution in [0.15, 0.2) is 24.3 Å². The summed E-state index contributed by atoms with van der Waals surface area (Å²) >= 11 is 0. The highest BCUT2D eigenvalue weighted by atomic mass is 16.5. The zero-order chi connectivity index (χ0) is 10.4. The summed E-state index contributed by atoms with van der Waals surface area (Å²) in [5.74, 6) is 0.401. The summed E-state index contributed by atoms with van der Waals surface area (Å²) in [5.41, 5.74) is 0.311. The second-order valence-corrected chi connectivity index (χ2v) is 2.67. The van der Waals surface area contributed by atoms with Crippen LogP contribution in [0, 0.1) is 11.3 Å². The Morgan fingerprint density at radius 1 is 1.36 bits per heavy atom. The molecule has 0 spiro atoms. The largest absolute Gasteiger partial charge is 0.493 e. The van der Waals surface area contributed by atoms with Crippen LogP contribution in [0.1, 0.15) is 6.42 Å². The van der Waals surface area contributed by atoms with Crippen molar-refractivity contribution in [3.8, 4) is 11.8 Å². The number of benzene rings is 1. The van der Waals surface area contributed by atoms with E-state index < -0.39 is 7.12 Å². The number of nitriles is 1. The number of ether oxygens (including phenoxy) is 1. The second kappa shape index (κ2) is 5.27. The van der Waals surface area contributed by atoms with Crippen LogP contribution in [0.2, 0.25) is 0 Å². The average molecular weight is 191 g/mol. The minimum absolute atomic E-state index is 0.250. The van der Waals surface area contributed by atoms with Gasteiger partial charge in [-0.15, -0.1) is 0 Å². The maximum absolute atomic E-state index is 8.97. The molecular weight excluding hydrogens is 181 g/mol. The molecule has 1 rings (SSSR count). The lowest BCUT2D eigenvalue weighted by Crippen LogP contribution is -2.31. The summed E-state index contributed by atoms with van der Waals surface area (Å²) in [6.45, 7) is 0.250. The first-order valence-corrected chi connectivity index (χ1v) is 4.20. The Labute approximate surface area is 82.5 Å². The Kier molecular flexibility index (Phi) is 3.98. The Balaban J connectivity index is 2.70. The van der Waals surface area contributed by atoms with E-state index in [0.29, 0.717) is 11.2 Å². The van der Waals surface area contributed by atoms with E-state index in [9.17, 15) is 0 Å². The van der Waals surface area contributed by atoms with Crippen molar-refractivity contribution in [3.63, 3.8) is 0 Å². The first-order valence-electron chi connectivity index (χ1n) is 4.20. The van der Waals surface area contributed by atoms with Gasteiger partial charge in [-0.05, 0) is 6.07 Å². The molecule has 72 valence electrons. The van der Waals surface area contributed by atoms with E-state index in [1.165, 1.54) is 0 Å². The maximum atomic E-state index is 8.97. The number of rotatable bonds is 4. The normalized spacial score (nSPS) is 9.21. The van der Waals surface area contributed by atoms with Gasteiger partial charge in [0.15, 0.2) is 0 Å². The molecule has 4 nitrogen and oxygen atoms in total. The molecular formula is C9H10BNO3. The fourth-order valence-electron chi connectivity index (χ4n) is 1.03. The lowest BCUT2D eigenvalue weighted by Gasteiger charge is -2.08. The van der Waals surface area contributed by atoms with Crippen LogP contribution < -0.4 is 10.2 Å². The number of hydrogen-bond donors (Lipinski definition) is 2. The van der Waals surface area contributed by atoms with Gasteiger partial charge in [0.05, 0.1) is 12.5 Å². The van der Waals surface area contributed by atoms with Crippen LogP contribution in [-0.2, 0) is 0 Å². The molecule has 0 aliphatic rings. The predicted octanol–water partition coefficient (Wildman–Crippen LogP) is -0.341. The summed E-state index contributed by atoms with van der Waals surface area (Å²) in [7, 11) is -1.55. The highest BCUT2D eigenvalue weighted by Crippen LogP contribution is 2.06. The molecule has 0 unspecified atom stereocenters. The Hall–Kier alpha value is -1.51. The van der Waals surface area contributed by atoms with Gasteiger partial charge in [-0.3, -0.25) is 0 Å². The molecule has 5 heteroatoms. The predicted molar refractivity (Wildman–Crippen MR) is 52.0 cm³/mol. The van der Waals surface area contributed by atoms with Crippen LogP contribution in [0.4, 0.5) is 0 Å². The molecule has 0 radical (unpaired) electrons. The highest BCUT2D eigenvalue weighted by Gasteiger charge is 2.15. The van der Waals surface area contributed by atoms with Crippen molar-refractivity contribution in [3.05, 3.63) is 24.3 Å². The van der Waals surface area contributed by atoms with E-state index in [2.05, 4.69) is 0 Å². The van der Waals surface area contributed by atoms with Crippen LogP contribution in [0.3, 0.4) is 0 Å². The van der Waals surface area contributed by atoms with Gasteiger partial charge >= 0.3 is 7.12 Å². The molecule has 0 bridgehead atoms. The first-order chi connectivity index (χ1) is 6.75. The van der Waals surface area contributed by atoms with Crippen LogP contribution in [-0.4, -0.2) is 23.8 Å². The topological polar surface area (TPSA) is 73.5 Å². The van der Waals surface area contributed by atoms with Gasteiger partial charge < -0.3 is 14.8 Å². The van der Waals surface area contributed by atoms with Gasteiger partial charge in [0.2, 0.25) is 0 Å². The molecule has 0 aliphatic heterocycles. The van der Waals surface area contributed by atoms with E-state index in [-0.39, 0.29) is 13.0 Å². The summed E-state index contributed by atoms with van der Waals surface area (Å²) in [6, 6.07) is 8.55. The minimum atomic E-state index is -1.55. The van der Waals surface area contributed by atoms with Gasteiger partial charge in [-0.25, -0.2) is 0 Å². The van der Waals surface area contributed by atoms with Gasteiger partial charge in [0, 0.05) is 5.46 Å². The van der Waals surface area contributed by atoms with Gasteiger partial charge in [-0.1, -0.05) is 18.2 Å². The van der Waals surface area contributed by atoms with E-state index in [4.69, 9.17) is 20.0 Å². The second-order valence-electron chi connectivity index (χ2n) is 2.67. The van der Waals surface area contributed by atoms with Crippen LogP contribution in [0.25, 0.3) is 0 Å². The van der Waals surface area contributed by atoms with E-state index in [1.807, 2.05) is 6.07 Å². The number of nitrogens with zero attached hydrogens (tertiary/aromatic N) is 1.